The Balaban J connectivity index is 1.17. The first kappa shape index (κ1) is 21.4. The Morgan fingerprint density at radius 2 is 1.76 bits per heavy atom. The molecule has 6 heteroatoms. The lowest BCUT2D eigenvalue weighted by Gasteiger charge is -2.34. The molecule has 0 N–H and O–H groups in total. The van der Waals surface area contributed by atoms with Gasteiger partial charge >= 0.3 is 0 Å². The van der Waals surface area contributed by atoms with Crippen molar-refractivity contribution in [3.63, 3.8) is 0 Å². The fraction of sp³-hybridized carbons (Fsp3) is 0.429. The topological polar surface area (TPSA) is 50.6 Å². The molecular weight excluding hydrogens is 424 g/mol. The molecule has 3 aliphatic rings. The van der Waals surface area contributed by atoms with Crippen molar-refractivity contribution in [3.05, 3.63) is 71.0 Å². The van der Waals surface area contributed by atoms with E-state index < -0.39 is 0 Å². The zero-order valence-electron chi connectivity index (χ0n) is 19.7. The number of benzene rings is 2. The minimum atomic E-state index is 0.0992. The molecule has 2 aromatic carbocycles. The van der Waals surface area contributed by atoms with Crippen LogP contribution in [0, 0.1) is 0 Å². The molecule has 1 saturated heterocycles. The Labute approximate surface area is 201 Å². The molecule has 6 rings (SSSR count). The molecule has 0 unspecified atom stereocenters. The third-order valence-electron chi connectivity index (χ3n) is 7.42. The summed E-state index contributed by atoms with van der Waals surface area (Å²) in [6.07, 6.45) is 5.41. The number of rotatable bonds is 4. The SMILES string of the molecule is O=C(c1nc(-c2ccccc2)n2c1CCCCC2)N1CCN(Cc2ccc3c(c2)CCO3)CC1. The third-order valence-corrected chi connectivity index (χ3v) is 7.42. The number of carbonyl (C=O) groups excluding carboxylic acids is 1. The summed E-state index contributed by atoms with van der Waals surface area (Å²) in [5.74, 6) is 2.08. The highest BCUT2D eigenvalue weighted by atomic mass is 16.5. The molecule has 6 nitrogen and oxygen atoms in total. The quantitative estimate of drug-likeness (QED) is 0.591. The second kappa shape index (κ2) is 9.26. The average molecular weight is 457 g/mol. The molecular formula is C28H32N4O2. The van der Waals surface area contributed by atoms with Crippen molar-refractivity contribution < 1.29 is 9.53 Å². The fourth-order valence-corrected chi connectivity index (χ4v) is 5.55. The number of imidazole rings is 1. The van der Waals surface area contributed by atoms with E-state index in [1.165, 1.54) is 17.5 Å². The number of hydrogen-bond donors (Lipinski definition) is 0. The molecule has 3 aromatic rings. The minimum absolute atomic E-state index is 0.0992. The van der Waals surface area contributed by atoms with Crippen LogP contribution in [0.25, 0.3) is 11.4 Å². The van der Waals surface area contributed by atoms with Crippen molar-refractivity contribution in [3.8, 4) is 17.1 Å². The molecule has 3 aliphatic heterocycles. The van der Waals surface area contributed by atoms with Crippen LogP contribution in [-0.4, -0.2) is 58.0 Å². The second-order valence-corrected chi connectivity index (χ2v) is 9.67. The molecule has 0 spiro atoms. The molecule has 0 saturated carbocycles. The monoisotopic (exact) mass is 456 g/mol. The fourth-order valence-electron chi connectivity index (χ4n) is 5.55. The zero-order chi connectivity index (χ0) is 22.9. The minimum Gasteiger partial charge on any atom is -0.493 e. The number of fused-ring (bicyclic) bond motifs is 2. The van der Waals surface area contributed by atoms with Gasteiger partial charge in [0.15, 0.2) is 0 Å². The van der Waals surface area contributed by atoms with Crippen molar-refractivity contribution in [1.82, 2.24) is 19.4 Å². The van der Waals surface area contributed by atoms with Gasteiger partial charge in [0, 0.05) is 51.3 Å². The highest BCUT2D eigenvalue weighted by Crippen LogP contribution is 2.29. The lowest BCUT2D eigenvalue weighted by Crippen LogP contribution is -2.48. The zero-order valence-corrected chi connectivity index (χ0v) is 19.7. The summed E-state index contributed by atoms with van der Waals surface area (Å²) in [4.78, 5) is 23.0. The Bertz CT molecular complexity index is 1180. The summed E-state index contributed by atoms with van der Waals surface area (Å²) in [6, 6.07) is 16.9. The smallest absolute Gasteiger partial charge is 0.274 e. The van der Waals surface area contributed by atoms with E-state index in [-0.39, 0.29) is 5.91 Å². The summed E-state index contributed by atoms with van der Waals surface area (Å²) in [5, 5.41) is 0. The highest BCUT2D eigenvalue weighted by molar-refractivity contribution is 5.94. The van der Waals surface area contributed by atoms with Gasteiger partial charge in [0.25, 0.3) is 5.91 Å². The van der Waals surface area contributed by atoms with Crippen molar-refractivity contribution in [2.75, 3.05) is 32.8 Å². The molecule has 1 aromatic heterocycles. The molecule has 0 radical (unpaired) electrons. The Morgan fingerprint density at radius 3 is 2.62 bits per heavy atom. The number of aromatic nitrogens is 2. The van der Waals surface area contributed by atoms with Gasteiger partial charge in [-0.25, -0.2) is 4.98 Å². The predicted molar refractivity (Wildman–Crippen MR) is 132 cm³/mol. The van der Waals surface area contributed by atoms with Crippen molar-refractivity contribution in [2.24, 2.45) is 0 Å². The van der Waals surface area contributed by atoms with Crippen molar-refractivity contribution in [2.45, 2.75) is 45.2 Å². The molecule has 4 heterocycles. The highest BCUT2D eigenvalue weighted by Gasteiger charge is 2.29. The summed E-state index contributed by atoms with van der Waals surface area (Å²) >= 11 is 0. The number of amides is 1. The molecule has 1 amide bonds. The number of hydrogen-bond acceptors (Lipinski definition) is 4. The van der Waals surface area contributed by atoms with Gasteiger partial charge < -0.3 is 14.2 Å². The lowest BCUT2D eigenvalue weighted by atomic mass is 10.1. The van der Waals surface area contributed by atoms with Crippen LogP contribution in [0.3, 0.4) is 0 Å². The van der Waals surface area contributed by atoms with Gasteiger partial charge in [0.1, 0.15) is 17.3 Å². The molecule has 0 aliphatic carbocycles. The molecule has 176 valence electrons. The summed E-state index contributed by atoms with van der Waals surface area (Å²) in [6.45, 7) is 5.94. The molecule has 1 fully saturated rings. The average Bonchev–Trinajstić information content (AvgIpc) is 3.41. The van der Waals surface area contributed by atoms with E-state index in [9.17, 15) is 4.79 Å². The maximum Gasteiger partial charge on any atom is 0.274 e. The van der Waals surface area contributed by atoms with Crippen LogP contribution in [0.4, 0.5) is 0 Å². The van der Waals surface area contributed by atoms with Gasteiger partial charge in [0.05, 0.1) is 12.3 Å². The van der Waals surface area contributed by atoms with Crippen LogP contribution >= 0.6 is 0 Å². The van der Waals surface area contributed by atoms with Gasteiger partial charge in [-0.3, -0.25) is 9.69 Å². The van der Waals surface area contributed by atoms with E-state index in [1.807, 2.05) is 23.1 Å². The third kappa shape index (κ3) is 4.11. The van der Waals surface area contributed by atoms with Crippen LogP contribution in [0.5, 0.6) is 5.75 Å². The Morgan fingerprint density at radius 1 is 0.912 bits per heavy atom. The lowest BCUT2D eigenvalue weighted by molar-refractivity contribution is 0.0622. The summed E-state index contributed by atoms with van der Waals surface area (Å²) in [7, 11) is 0. The van der Waals surface area contributed by atoms with Crippen LogP contribution in [0.2, 0.25) is 0 Å². The standard InChI is InChI=1S/C28H32N4O2/c33-28(26-24-9-5-2-6-13-32(24)27(29-26)22-7-3-1-4-8-22)31-16-14-30(15-17-31)20-21-10-11-25-23(19-21)12-18-34-25/h1,3-4,7-8,10-11,19H,2,5-6,9,12-18,20H2. The number of ether oxygens (including phenoxy) is 1. The van der Waals surface area contributed by atoms with Gasteiger partial charge in [-0.2, -0.15) is 0 Å². The van der Waals surface area contributed by atoms with Crippen LogP contribution in [-0.2, 0) is 25.9 Å². The number of nitrogens with zero attached hydrogens (tertiary/aromatic N) is 4. The van der Waals surface area contributed by atoms with Gasteiger partial charge in [0.2, 0.25) is 0 Å². The van der Waals surface area contributed by atoms with E-state index in [4.69, 9.17) is 9.72 Å². The predicted octanol–water partition coefficient (Wildman–Crippen LogP) is 4.17. The molecule has 0 bridgehead atoms. The summed E-state index contributed by atoms with van der Waals surface area (Å²) in [5.41, 5.74) is 5.54. The largest absolute Gasteiger partial charge is 0.493 e. The van der Waals surface area contributed by atoms with Crippen molar-refractivity contribution >= 4 is 5.91 Å². The van der Waals surface area contributed by atoms with Crippen LogP contribution in [0.1, 0.15) is 46.6 Å². The van der Waals surface area contributed by atoms with E-state index >= 15 is 0 Å². The van der Waals surface area contributed by atoms with E-state index in [0.717, 1.165) is 94.4 Å². The van der Waals surface area contributed by atoms with Gasteiger partial charge in [-0.05, 0) is 36.5 Å². The van der Waals surface area contributed by atoms with E-state index in [1.54, 1.807) is 0 Å². The maximum absolute atomic E-state index is 13.6. The second-order valence-electron chi connectivity index (χ2n) is 9.67. The van der Waals surface area contributed by atoms with E-state index in [0.29, 0.717) is 5.69 Å². The number of piperazine rings is 1. The Hall–Kier alpha value is -3.12. The summed E-state index contributed by atoms with van der Waals surface area (Å²) < 4.78 is 7.95. The first-order valence-corrected chi connectivity index (χ1v) is 12.7. The normalized spacial score (nSPS) is 18.2. The van der Waals surface area contributed by atoms with Crippen LogP contribution < -0.4 is 4.74 Å². The molecule has 0 atom stereocenters. The Kier molecular flexibility index (Phi) is 5.83. The van der Waals surface area contributed by atoms with Gasteiger partial charge in [-0.1, -0.05) is 48.9 Å². The maximum atomic E-state index is 13.6. The van der Waals surface area contributed by atoms with E-state index in [2.05, 4.69) is 39.8 Å². The first-order valence-electron chi connectivity index (χ1n) is 12.7. The van der Waals surface area contributed by atoms with Crippen molar-refractivity contribution in [1.29, 1.82) is 0 Å². The van der Waals surface area contributed by atoms with Gasteiger partial charge in [-0.15, -0.1) is 0 Å². The first-order chi connectivity index (χ1) is 16.8. The van der Waals surface area contributed by atoms with Crippen LogP contribution in [0.15, 0.2) is 48.5 Å². The number of carbonyl (C=O) groups is 1. The molecule has 34 heavy (non-hydrogen) atoms.